The highest BCUT2D eigenvalue weighted by molar-refractivity contribution is 5.73. The summed E-state index contributed by atoms with van der Waals surface area (Å²) in [6.07, 6.45) is 3.09. The number of aliphatic carboxylic acids is 1. The fourth-order valence-electron chi connectivity index (χ4n) is 1.39. The van der Waals surface area contributed by atoms with Crippen LogP contribution in [0.3, 0.4) is 0 Å². The minimum atomic E-state index is -0.782. The standard InChI is InChI=1S/C9H16N2O3/c1-2-5-14-11-7-3-4-8(9(12)13)10-6-7/h2,7-8,10-11H,1,3-6H2,(H,12,13)/t7-,8+/m0/s1. The van der Waals surface area contributed by atoms with Gasteiger partial charge in [0.25, 0.3) is 0 Å². The van der Waals surface area contributed by atoms with Crippen LogP contribution in [0, 0.1) is 0 Å². The monoisotopic (exact) mass is 200 g/mol. The molecular formula is C9H16N2O3. The molecule has 0 unspecified atom stereocenters. The van der Waals surface area contributed by atoms with E-state index >= 15 is 0 Å². The molecular weight excluding hydrogens is 184 g/mol. The molecule has 0 aromatic rings. The smallest absolute Gasteiger partial charge is 0.320 e. The summed E-state index contributed by atoms with van der Waals surface area (Å²) >= 11 is 0. The van der Waals surface area contributed by atoms with Gasteiger partial charge in [-0.1, -0.05) is 6.08 Å². The van der Waals surface area contributed by atoms with E-state index in [1.165, 1.54) is 0 Å². The second kappa shape index (κ2) is 5.74. The van der Waals surface area contributed by atoms with Crippen LogP contribution in [0.15, 0.2) is 12.7 Å². The predicted octanol–water partition coefficient (Wildman–Crippen LogP) is -0.101. The molecule has 80 valence electrons. The van der Waals surface area contributed by atoms with E-state index in [1.807, 2.05) is 0 Å². The lowest BCUT2D eigenvalue weighted by Crippen LogP contribution is -2.50. The first-order valence-electron chi connectivity index (χ1n) is 4.68. The Morgan fingerprint density at radius 1 is 1.71 bits per heavy atom. The minimum absolute atomic E-state index is 0.186. The third kappa shape index (κ3) is 3.45. The highest BCUT2D eigenvalue weighted by Crippen LogP contribution is 2.08. The average molecular weight is 200 g/mol. The number of carbonyl (C=O) groups is 1. The molecule has 1 saturated heterocycles. The molecule has 5 nitrogen and oxygen atoms in total. The Balaban J connectivity index is 2.15. The van der Waals surface area contributed by atoms with Gasteiger partial charge in [-0.3, -0.25) is 9.63 Å². The van der Waals surface area contributed by atoms with Gasteiger partial charge in [-0.2, -0.15) is 5.48 Å². The Labute approximate surface area is 83.1 Å². The van der Waals surface area contributed by atoms with Crippen molar-refractivity contribution in [2.24, 2.45) is 0 Å². The minimum Gasteiger partial charge on any atom is -0.480 e. The molecule has 1 aliphatic rings. The van der Waals surface area contributed by atoms with Crippen molar-refractivity contribution in [1.29, 1.82) is 0 Å². The number of nitrogens with one attached hydrogen (secondary N) is 2. The van der Waals surface area contributed by atoms with Gasteiger partial charge >= 0.3 is 5.97 Å². The maximum atomic E-state index is 10.6. The molecule has 0 amide bonds. The van der Waals surface area contributed by atoms with Crippen molar-refractivity contribution >= 4 is 5.97 Å². The largest absolute Gasteiger partial charge is 0.480 e. The number of hydrogen-bond donors (Lipinski definition) is 3. The maximum Gasteiger partial charge on any atom is 0.320 e. The normalized spacial score (nSPS) is 27.1. The lowest BCUT2D eigenvalue weighted by atomic mass is 10.0. The second-order valence-corrected chi connectivity index (χ2v) is 3.29. The van der Waals surface area contributed by atoms with E-state index in [2.05, 4.69) is 17.4 Å². The summed E-state index contributed by atoms with van der Waals surface area (Å²) in [5.41, 5.74) is 2.86. The van der Waals surface area contributed by atoms with Crippen molar-refractivity contribution < 1.29 is 14.7 Å². The van der Waals surface area contributed by atoms with E-state index in [0.717, 1.165) is 6.42 Å². The van der Waals surface area contributed by atoms with Gasteiger partial charge in [0.15, 0.2) is 0 Å². The van der Waals surface area contributed by atoms with E-state index in [9.17, 15) is 4.79 Å². The van der Waals surface area contributed by atoms with Gasteiger partial charge in [0.2, 0.25) is 0 Å². The molecule has 1 fully saturated rings. The zero-order valence-corrected chi connectivity index (χ0v) is 8.03. The topological polar surface area (TPSA) is 70.6 Å². The summed E-state index contributed by atoms with van der Waals surface area (Å²) in [5.74, 6) is -0.782. The Bertz CT molecular complexity index is 200. The molecule has 0 saturated carbocycles. The van der Waals surface area contributed by atoms with Gasteiger partial charge in [-0.05, 0) is 12.8 Å². The van der Waals surface area contributed by atoms with E-state index < -0.39 is 12.0 Å². The quantitative estimate of drug-likeness (QED) is 0.328. The zero-order valence-electron chi connectivity index (χ0n) is 8.03. The van der Waals surface area contributed by atoms with Crippen molar-refractivity contribution in [3.05, 3.63) is 12.7 Å². The number of rotatable bonds is 5. The van der Waals surface area contributed by atoms with Crippen molar-refractivity contribution in [2.75, 3.05) is 13.2 Å². The molecule has 1 aliphatic heterocycles. The van der Waals surface area contributed by atoms with Crippen LogP contribution in [0.1, 0.15) is 12.8 Å². The fraction of sp³-hybridized carbons (Fsp3) is 0.667. The maximum absolute atomic E-state index is 10.6. The summed E-state index contributed by atoms with van der Waals surface area (Å²) in [7, 11) is 0. The Kier molecular flexibility index (Phi) is 4.58. The lowest BCUT2D eigenvalue weighted by Gasteiger charge is -2.27. The Morgan fingerprint density at radius 2 is 2.50 bits per heavy atom. The highest BCUT2D eigenvalue weighted by atomic mass is 16.6. The average Bonchev–Trinajstić information content (AvgIpc) is 2.19. The number of carboxylic acids is 1. The van der Waals surface area contributed by atoms with Gasteiger partial charge in [-0.25, -0.2) is 0 Å². The predicted molar refractivity (Wildman–Crippen MR) is 51.7 cm³/mol. The van der Waals surface area contributed by atoms with Crippen molar-refractivity contribution in [3.63, 3.8) is 0 Å². The molecule has 0 aromatic carbocycles. The van der Waals surface area contributed by atoms with Crippen LogP contribution < -0.4 is 10.8 Å². The first-order chi connectivity index (χ1) is 6.74. The molecule has 1 heterocycles. The van der Waals surface area contributed by atoms with Crippen molar-refractivity contribution in [1.82, 2.24) is 10.8 Å². The summed E-state index contributed by atoms with van der Waals surface area (Å²) in [6.45, 7) is 4.60. The summed E-state index contributed by atoms with van der Waals surface area (Å²) in [5, 5.41) is 11.6. The first-order valence-corrected chi connectivity index (χ1v) is 4.68. The van der Waals surface area contributed by atoms with Crippen molar-refractivity contribution in [3.8, 4) is 0 Å². The van der Waals surface area contributed by atoms with Crippen molar-refractivity contribution in [2.45, 2.75) is 24.9 Å². The van der Waals surface area contributed by atoms with Crippen LogP contribution in [-0.4, -0.2) is 36.3 Å². The molecule has 1 rings (SSSR count). The van der Waals surface area contributed by atoms with E-state index in [-0.39, 0.29) is 6.04 Å². The molecule has 0 bridgehead atoms. The molecule has 3 N–H and O–H groups in total. The van der Waals surface area contributed by atoms with Crippen LogP contribution in [0.4, 0.5) is 0 Å². The van der Waals surface area contributed by atoms with Crippen LogP contribution in [0.25, 0.3) is 0 Å². The molecule has 0 spiro atoms. The second-order valence-electron chi connectivity index (χ2n) is 3.29. The van der Waals surface area contributed by atoms with Gasteiger partial charge in [0.05, 0.1) is 6.61 Å². The van der Waals surface area contributed by atoms with Crippen LogP contribution >= 0.6 is 0 Å². The van der Waals surface area contributed by atoms with Gasteiger partial charge in [0, 0.05) is 12.6 Å². The van der Waals surface area contributed by atoms with E-state index in [0.29, 0.717) is 19.6 Å². The number of hydroxylamine groups is 1. The van der Waals surface area contributed by atoms with E-state index in [1.54, 1.807) is 6.08 Å². The third-order valence-corrected chi connectivity index (χ3v) is 2.16. The van der Waals surface area contributed by atoms with E-state index in [4.69, 9.17) is 9.94 Å². The molecule has 14 heavy (non-hydrogen) atoms. The lowest BCUT2D eigenvalue weighted by molar-refractivity contribution is -0.140. The highest BCUT2D eigenvalue weighted by Gasteiger charge is 2.24. The molecule has 0 aliphatic carbocycles. The molecule has 2 atom stereocenters. The van der Waals surface area contributed by atoms with Gasteiger partial charge in [-0.15, -0.1) is 6.58 Å². The zero-order chi connectivity index (χ0) is 10.4. The summed E-state index contributed by atoms with van der Waals surface area (Å²) in [4.78, 5) is 15.7. The Morgan fingerprint density at radius 3 is 3.00 bits per heavy atom. The fourth-order valence-corrected chi connectivity index (χ4v) is 1.39. The SMILES string of the molecule is C=CCON[C@H]1CC[C@H](C(=O)O)NC1. The first kappa shape index (κ1) is 11.2. The van der Waals surface area contributed by atoms with Crippen LogP contribution in [0.2, 0.25) is 0 Å². The molecule has 0 radical (unpaired) electrons. The molecule has 0 aromatic heterocycles. The van der Waals surface area contributed by atoms with Crippen LogP contribution in [-0.2, 0) is 9.63 Å². The summed E-state index contributed by atoms with van der Waals surface area (Å²) < 4.78 is 0. The Hall–Kier alpha value is -0.910. The number of piperidine rings is 1. The number of carboxylic acid groups (broad SMARTS) is 1. The van der Waals surface area contributed by atoms with Gasteiger partial charge in [0.1, 0.15) is 6.04 Å². The summed E-state index contributed by atoms with van der Waals surface area (Å²) in [6, 6.07) is -0.224. The number of hydrogen-bond acceptors (Lipinski definition) is 4. The molecule has 5 heteroatoms. The van der Waals surface area contributed by atoms with Crippen LogP contribution in [0.5, 0.6) is 0 Å². The third-order valence-electron chi connectivity index (χ3n) is 2.16. The van der Waals surface area contributed by atoms with Gasteiger partial charge < -0.3 is 10.4 Å².